The zero-order chi connectivity index (χ0) is 26.7. The minimum Gasteiger partial charge on any atom is -0.457 e. The molecule has 0 radical (unpaired) electrons. The Balaban J connectivity index is 1.80. The van der Waals surface area contributed by atoms with Gasteiger partial charge in [0.25, 0.3) is 0 Å². The van der Waals surface area contributed by atoms with Crippen molar-refractivity contribution in [2.45, 2.75) is 89.7 Å². The minimum absolute atomic E-state index is 0.0801. The number of fused-ring (bicyclic) bond motifs is 5. The molecule has 5 unspecified atom stereocenters. The van der Waals surface area contributed by atoms with E-state index in [1.807, 2.05) is 26.8 Å². The summed E-state index contributed by atoms with van der Waals surface area (Å²) < 4.78 is 11.3. The van der Waals surface area contributed by atoms with Crippen molar-refractivity contribution in [3.8, 4) is 0 Å². The quantitative estimate of drug-likeness (QED) is 0.415. The minimum atomic E-state index is -1.55. The van der Waals surface area contributed by atoms with Crippen LogP contribution in [0.3, 0.4) is 0 Å². The van der Waals surface area contributed by atoms with Gasteiger partial charge in [0.15, 0.2) is 18.0 Å². The number of allylic oxidation sites excluding steroid dienone is 4. The normalized spacial score (nSPS) is 43.1. The molecule has 0 aromatic rings. The van der Waals surface area contributed by atoms with E-state index in [0.717, 1.165) is 5.57 Å². The predicted octanol–water partition coefficient (Wildman–Crippen LogP) is 4.09. The molecule has 0 heterocycles. The lowest BCUT2D eigenvalue weighted by Gasteiger charge is -2.64. The van der Waals surface area contributed by atoms with Crippen LogP contribution in [-0.2, 0) is 28.7 Å². The van der Waals surface area contributed by atoms with Crippen LogP contribution in [0.15, 0.2) is 23.8 Å². The van der Waals surface area contributed by atoms with Gasteiger partial charge < -0.3 is 14.6 Å². The van der Waals surface area contributed by atoms with Crippen LogP contribution in [0.1, 0.15) is 73.1 Å². The lowest BCUT2D eigenvalue weighted by molar-refractivity contribution is -0.203. The first-order valence-corrected chi connectivity index (χ1v) is 13.4. The van der Waals surface area contributed by atoms with Crippen LogP contribution in [0, 0.1) is 28.6 Å². The molecule has 3 fully saturated rings. The van der Waals surface area contributed by atoms with Gasteiger partial charge in [0, 0.05) is 29.6 Å². The van der Waals surface area contributed by atoms with Crippen LogP contribution < -0.4 is 0 Å². The van der Waals surface area contributed by atoms with Crippen molar-refractivity contribution in [1.82, 2.24) is 0 Å². The molecule has 36 heavy (non-hydrogen) atoms. The Hall–Kier alpha value is -1.99. The second-order valence-corrected chi connectivity index (χ2v) is 12.0. The highest BCUT2D eigenvalue weighted by molar-refractivity contribution is 6.26. The molecule has 4 aliphatic rings. The number of ether oxygens (including phenoxy) is 2. The van der Waals surface area contributed by atoms with Gasteiger partial charge in [0.1, 0.15) is 0 Å². The van der Waals surface area contributed by atoms with Crippen LogP contribution >= 0.6 is 11.6 Å². The summed E-state index contributed by atoms with van der Waals surface area (Å²) in [6.07, 6.45) is 6.18. The number of hydrogen-bond donors (Lipinski definition) is 1. The number of halogens is 1. The van der Waals surface area contributed by atoms with Gasteiger partial charge in [-0.05, 0) is 49.7 Å². The van der Waals surface area contributed by atoms with Crippen molar-refractivity contribution in [2.75, 3.05) is 6.61 Å². The third-order valence-corrected chi connectivity index (χ3v) is 10.7. The highest BCUT2D eigenvalue weighted by Crippen LogP contribution is 2.72. The van der Waals surface area contributed by atoms with E-state index < -0.39 is 51.7 Å². The second kappa shape index (κ2) is 9.09. The molecule has 0 aliphatic heterocycles. The maximum atomic E-state index is 13.9. The van der Waals surface area contributed by atoms with E-state index in [2.05, 4.69) is 0 Å². The zero-order valence-corrected chi connectivity index (χ0v) is 22.5. The predicted molar refractivity (Wildman–Crippen MR) is 133 cm³/mol. The maximum Gasteiger partial charge on any atom is 0.306 e. The average molecular weight is 521 g/mol. The van der Waals surface area contributed by atoms with E-state index in [1.165, 1.54) is 6.08 Å². The third kappa shape index (κ3) is 3.48. The molecule has 0 spiro atoms. The summed E-state index contributed by atoms with van der Waals surface area (Å²) in [5.41, 5.74) is -2.27. The van der Waals surface area contributed by atoms with E-state index in [0.29, 0.717) is 19.3 Å². The SMILES string of the molecule is CCC(=O)OCC(=O)[C@@]1(OC(=O)CC)[C@@H](C)CC2C3CCC4=CC(=O)C=CC4(C)C3(Cl)[C@@H](O)CC21C. The molecule has 7 nitrogen and oxygen atoms in total. The summed E-state index contributed by atoms with van der Waals surface area (Å²) in [5, 5.41) is 11.8. The first kappa shape index (κ1) is 27.1. The molecule has 0 aromatic heterocycles. The van der Waals surface area contributed by atoms with Crippen LogP contribution in [0.5, 0.6) is 0 Å². The highest BCUT2D eigenvalue weighted by Gasteiger charge is 2.76. The van der Waals surface area contributed by atoms with Gasteiger partial charge >= 0.3 is 11.9 Å². The molecule has 0 aromatic carbocycles. The maximum absolute atomic E-state index is 13.9. The Kier molecular flexibility index (Phi) is 6.83. The molecule has 8 atom stereocenters. The molecular weight excluding hydrogens is 484 g/mol. The number of carbonyl (C=O) groups excluding carboxylic acids is 4. The van der Waals surface area contributed by atoms with Crippen molar-refractivity contribution < 1.29 is 33.8 Å². The van der Waals surface area contributed by atoms with Crippen molar-refractivity contribution in [3.63, 3.8) is 0 Å². The van der Waals surface area contributed by atoms with Crippen molar-refractivity contribution >= 4 is 35.1 Å². The molecule has 0 bridgehead atoms. The van der Waals surface area contributed by atoms with Gasteiger partial charge in [0.05, 0.1) is 11.0 Å². The Labute approximate surface area is 217 Å². The van der Waals surface area contributed by atoms with Gasteiger partial charge in [-0.25, -0.2) is 0 Å². The van der Waals surface area contributed by atoms with Crippen molar-refractivity contribution in [1.29, 1.82) is 0 Å². The first-order valence-electron chi connectivity index (χ1n) is 13.0. The number of esters is 2. The number of Topliss-reactive ketones (excluding diaryl/α,β-unsaturated/α-hetero) is 1. The van der Waals surface area contributed by atoms with Gasteiger partial charge in [-0.2, -0.15) is 0 Å². The van der Waals surface area contributed by atoms with E-state index in [1.54, 1.807) is 19.9 Å². The third-order valence-electron chi connectivity index (χ3n) is 9.81. The number of aliphatic hydroxyl groups excluding tert-OH is 1. The van der Waals surface area contributed by atoms with Gasteiger partial charge in [-0.15, -0.1) is 11.6 Å². The Morgan fingerprint density at radius 3 is 2.44 bits per heavy atom. The number of alkyl halides is 1. The summed E-state index contributed by atoms with van der Waals surface area (Å²) in [5.74, 6) is -2.24. The Bertz CT molecular complexity index is 1050. The van der Waals surface area contributed by atoms with Crippen LogP contribution in [0.4, 0.5) is 0 Å². The molecule has 4 rings (SSSR count). The Morgan fingerprint density at radius 2 is 1.81 bits per heavy atom. The lowest BCUT2D eigenvalue weighted by atomic mass is 9.45. The first-order chi connectivity index (χ1) is 16.8. The average Bonchev–Trinajstić information content (AvgIpc) is 3.05. The molecule has 1 N–H and O–H groups in total. The molecule has 0 saturated heterocycles. The molecule has 198 valence electrons. The van der Waals surface area contributed by atoms with E-state index in [4.69, 9.17) is 21.1 Å². The van der Waals surface area contributed by atoms with Crippen molar-refractivity contribution in [2.24, 2.45) is 28.6 Å². The van der Waals surface area contributed by atoms with Crippen molar-refractivity contribution in [3.05, 3.63) is 23.8 Å². The smallest absolute Gasteiger partial charge is 0.306 e. The van der Waals surface area contributed by atoms with Gasteiger partial charge in [0.2, 0.25) is 5.78 Å². The summed E-state index contributed by atoms with van der Waals surface area (Å²) in [4.78, 5) is 49.5. The fraction of sp³-hybridized carbons (Fsp3) is 0.714. The molecule has 4 aliphatic carbocycles. The number of rotatable bonds is 6. The summed E-state index contributed by atoms with van der Waals surface area (Å²) >= 11 is 7.48. The van der Waals surface area contributed by atoms with Gasteiger partial charge in [-0.1, -0.05) is 46.3 Å². The number of hydrogen-bond acceptors (Lipinski definition) is 7. The van der Waals surface area contributed by atoms with Crippen LogP contribution in [0.2, 0.25) is 0 Å². The number of carbonyl (C=O) groups is 4. The zero-order valence-electron chi connectivity index (χ0n) is 21.8. The van der Waals surface area contributed by atoms with E-state index in [-0.39, 0.29) is 42.8 Å². The number of ketones is 2. The topological polar surface area (TPSA) is 107 Å². The molecule has 0 amide bonds. The summed E-state index contributed by atoms with van der Waals surface area (Å²) in [6.45, 7) is 8.61. The second-order valence-electron chi connectivity index (χ2n) is 11.4. The summed E-state index contributed by atoms with van der Waals surface area (Å²) in [7, 11) is 0. The largest absolute Gasteiger partial charge is 0.457 e. The fourth-order valence-corrected chi connectivity index (χ4v) is 8.53. The fourth-order valence-electron chi connectivity index (χ4n) is 8.01. The Morgan fingerprint density at radius 1 is 1.14 bits per heavy atom. The van der Waals surface area contributed by atoms with Crippen LogP contribution in [0.25, 0.3) is 0 Å². The summed E-state index contributed by atoms with van der Waals surface area (Å²) in [6, 6.07) is 0. The monoisotopic (exact) mass is 520 g/mol. The van der Waals surface area contributed by atoms with E-state index >= 15 is 0 Å². The van der Waals surface area contributed by atoms with Crippen LogP contribution in [-0.4, -0.2) is 51.8 Å². The standard InChI is InChI=1S/C28H37ClO7/c1-6-23(33)35-15-22(32)28(36-24(34)7-2)16(3)12-20-19-9-8-17-13-18(30)10-11-25(17,4)27(19,29)21(31)14-26(20,28)5/h10-11,13,16,19-21,31H,6-9,12,14-15H2,1-5H3/t16-,19?,20?,21-,25?,26?,27?,28-/m0/s1. The number of aliphatic hydroxyl groups is 1. The molecule has 8 heteroatoms. The van der Waals surface area contributed by atoms with Gasteiger partial charge in [-0.3, -0.25) is 19.2 Å². The van der Waals surface area contributed by atoms with E-state index in [9.17, 15) is 24.3 Å². The molecule has 3 saturated carbocycles. The highest BCUT2D eigenvalue weighted by atomic mass is 35.5. The molecular formula is C28H37ClO7. The lowest BCUT2D eigenvalue weighted by Crippen LogP contribution is -2.69.